The first kappa shape index (κ1) is 24.7. The van der Waals surface area contributed by atoms with E-state index < -0.39 is 0 Å². The number of aliphatic imine (C=N–C) groups is 2. The molecule has 8 heteroatoms. The minimum atomic E-state index is -0.274. The van der Waals surface area contributed by atoms with E-state index in [1.807, 2.05) is 12.2 Å². The van der Waals surface area contributed by atoms with Crippen LogP contribution in [-0.2, 0) is 0 Å². The highest BCUT2D eigenvalue weighted by molar-refractivity contribution is 6.27. The van der Waals surface area contributed by atoms with E-state index >= 15 is 0 Å². The van der Waals surface area contributed by atoms with Gasteiger partial charge in [-0.3, -0.25) is 14.8 Å². The number of hydrogen-bond acceptors (Lipinski definition) is 7. The number of aromatic nitrogens is 1. The van der Waals surface area contributed by atoms with Crippen LogP contribution in [0.25, 0.3) is 11.1 Å². The Labute approximate surface area is 195 Å². The minimum Gasteiger partial charge on any atom is -0.507 e. The number of phenols is 1. The van der Waals surface area contributed by atoms with Gasteiger partial charge in [-0.15, -0.1) is 0 Å². The van der Waals surface area contributed by atoms with Crippen LogP contribution in [0.2, 0.25) is 0 Å². The lowest BCUT2D eigenvalue weighted by molar-refractivity contribution is 0.184. The molecule has 0 spiro atoms. The zero-order chi connectivity index (χ0) is 24.0. The number of pyridine rings is 1. The van der Waals surface area contributed by atoms with E-state index in [0.29, 0.717) is 41.2 Å². The van der Waals surface area contributed by atoms with E-state index in [-0.39, 0.29) is 16.7 Å². The van der Waals surface area contributed by atoms with Crippen LogP contribution in [0, 0.1) is 0 Å². The van der Waals surface area contributed by atoms with Gasteiger partial charge in [0.25, 0.3) is 0 Å². The molecule has 0 unspecified atom stereocenters. The molecule has 0 aromatic rings. The number of benzene rings is 1. The molecule has 0 saturated carbocycles. The second-order valence-electron chi connectivity index (χ2n) is 8.00. The van der Waals surface area contributed by atoms with Crippen LogP contribution in [0.3, 0.4) is 0 Å². The van der Waals surface area contributed by atoms with Crippen molar-refractivity contribution in [3.05, 3.63) is 52.0 Å². The third kappa shape index (κ3) is 5.34. The number of rotatable bonds is 10. The van der Waals surface area contributed by atoms with Crippen molar-refractivity contribution in [2.75, 3.05) is 52.4 Å². The van der Waals surface area contributed by atoms with Crippen molar-refractivity contribution in [3.63, 3.8) is 0 Å². The lowest BCUT2D eigenvalue weighted by Gasteiger charge is -2.21. The predicted molar refractivity (Wildman–Crippen MR) is 134 cm³/mol. The average molecular weight is 454 g/mol. The Morgan fingerprint density at radius 2 is 1.36 bits per heavy atom. The Hall–Kier alpha value is -2.97. The molecule has 33 heavy (non-hydrogen) atoms. The van der Waals surface area contributed by atoms with Crippen molar-refractivity contribution < 1.29 is 10.3 Å². The van der Waals surface area contributed by atoms with Gasteiger partial charge in [-0.1, -0.05) is 27.7 Å². The average Bonchev–Trinajstić information content (AvgIpc) is 2.83. The van der Waals surface area contributed by atoms with Gasteiger partial charge in [-0.25, -0.2) is 4.73 Å². The van der Waals surface area contributed by atoms with Crippen molar-refractivity contribution in [3.8, 4) is 16.9 Å². The first-order chi connectivity index (χ1) is 15.9. The molecule has 0 saturated heterocycles. The van der Waals surface area contributed by atoms with E-state index in [0.717, 1.165) is 44.0 Å². The Bertz CT molecular complexity index is 1080. The van der Waals surface area contributed by atoms with E-state index in [9.17, 15) is 15.1 Å². The summed E-state index contributed by atoms with van der Waals surface area (Å²) in [7, 11) is 0. The second kappa shape index (κ2) is 11.2. The molecule has 0 amide bonds. The Balaban J connectivity index is 2.09. The largest absolute Gasteiger partial charge is 0.507 e. The Morgan fingerprint density at radius 3 is 1.88 bits per heavy atom. The van der Waals surface area contributed by atoms with Crippen LogP contribution in [-0.4, -0.2) is 88.6 Å². The number of allylic oxidation sites excluding steroid dienone is 2. The summed E-state index contributed by atoms with van der Waals surface area (Å²) in [5.41, 5.74) is 2.24. The number of fused-ring (bicyclic) bond motifs is 2. The Kier molecular flexibility index (Phi) is 8.41. The normalized spacial score (nSPS) is 15.9. The molecule has 1 heterocycles. The van der Waals surface area contributed by atoms with Crippen molar-refractivity contribution >= 4 is 11.4 Å². The predicted octanol–water partition coefficient (Wildman–Crippen LogP) is 2.73. The summed E-state index contributed by atoms with van der Waals surface area (Å²) in [6.07, 6.45) is 6.36. The molecule has 0 atom stereocenters. The fraction of sp³-hybridized carbons (Fsp3) is 0.480. The molecular formula is C25H35N5O3. The zero-order valence-corrected chi connectivity index (χ0v) is 20.1. The van der Waals surface area contributed by atoms with E-state index in [2.05, 4.69) is 37.5 Å². The lowest BCUT2D eigenvalue weighted by atomic mass is 9.86. The third-order valence-electron chi connectivity index (χ3n) is 6.26. The zero-order valence-electron chi connectivity index (χ0n) is 20.1. The summed E-state index contributed by atoms with van der Waals surface area (Å²) in [5.74, 6) is -0.0115. The van der Waals surface area contributed by atoms with E-state index in [1.165, 1.54) is 18.5 Å². The molecule has 3 aliphatic rings. The molecule has 0 aromatic heterocycles. The van der Waals surface area contributed by atoms with Gasteiger partial charge in [-0.05, 0) is 44.4 Å². The second-order valence-corrected chi connectivity index (χ2v) is 8.00. The van der Waals surface area contributed by atoms with Gasteiger partial charge in [-0.2, -0.15) is 0 Å². The number of aromatic hydroxyl groups is 1. The third-order valence-corrected chi connectivity index (χ3v) is 6.26. The molecule has 3 rings (SSSR count). The number of hydrogen-bond donors (Lipinski definition) is 2. The quantitative estimate of drug-likeness (QED) is 0.540. The summed E-state index contributed by atoms with van der Waals surface area (Å²) >= 11 is 0. The van der Waals surface area contributed by atoms with Crippen molar-refractivity contribution in [1.29, 1.82) is 0 Å². The number of phenolic OH excluding ortho intramolecular Hbond substituents is 1. The van der Waals surface area contributed by atoms with Crippen molar-refractivity contribution in [2.45, 2.75) is 27.7 Å². The molecule has 8 nitrogen and oxygen atoms in total. The van der Waals surface area contributed by atoms with Crippen LogP contribution >= 0.6 is 0 Å². The topological polar surface area (TPSA) is 93.7 Å². The summed E-state index contributed by atoms with van der Waals surface area (Å²) in [6.45, 7) is 14.9. The van der Waals surface area contributed by atoms with Crippen LogP contribution in [0.1, 0.15) is 38.8 Å². The van der Waals surface area contributed by atoms with Crippen molar-refractivity contribution in [1.82, 2.24) is 14.5 Å². The molecule has 0 fully saturated rings. The molecule has 2 aliphatic carbocycles. The van der Waals surface area contributed by atoms with E-state index in [1.54, 1.807) is 0 Å². The fourth-order valence-corrected chi connectivity index (χ4v) is 4.16. The summed E-state index contributed by atoms with van der Waals surface area (Å²) in [5, 5.41) is 21.0. The van der Waals surface area contributed by atoms with Crippen LogP contribution < -0.4 is 5.43 Å². The van der Waals surface area contributed by atoms with Crippen molar-refractivity contribution in [2.24, 2.45) is 9.98 Å². The molecular weight excluding hydrogens is 418 g/mol. The van der Waals surface area contributed by atoms with Crippen LogP contribution in [0.5, 0.6) is 5.75 Å². The molecule has 178 valence electrons. The summed E-state index contributed by atoms with van der Waals surface area (Å²) < 4.78 is 0.824. The van der Waals surface area contributed by atoms with Gasteiger partial charge in [0, 0.05) is 24.8 Å². The number of likely N-dealkylation sites (N-methyl/N-ethyl adjacent to an activating group) is 2. The first-order valence-corrected chi connectivity index (χ1v) is 11.8. The van der Waals surface area contributed by atoms with E-state index in [4.69, 9.17) is 9.98 Å². The highest BCUT2D eigenvalue weighted by atomic mass is 16.5. The molecule has 0 radical (unpaired) electrons. The monoisotopic (exact) mass is 453 g/mol. The van der Waals surface area contributed by atoms with Gasteiger partial charge in [0.15, 0.2) is 5.43 Å². The molecule has 1 aliphatic heterocycles. The highest BCUT2D eigenvalue weighted by Crippen LogP contribution is 2.35. The van der Waals surface area contributed by atoms with Crippen LogP contribution in [0.15, 0.2) is 45.4 Å². The van der Waals surface area contributed by atoms with Gasteiger partial charge in [0.2, 0.25) is 0 Å². The maximum Gasteiger partial charge on any atom is 0.198 e. The minimum absolute atomic E-state index is 0.0115. The van der Waals surface area contributed by atoms with Gasteiger partial charge < -0.3 is 20.1 Å². The SMILES string of the molecule is CCN(CC)CCN=C1C=CC(=NCCN(CC)CC)c2c1c(O)c1ccn(O)cc-1c2=O. The highest BCUT2D eigenvalue weighted by Gasteiger charge is 2.29. The molecule has 0 bridgehead atoms. The first-order valence-electron chi connectivity index (χ1n) is 11.8. The molecule has 0 aromatic carbocycles. The smallest absolute Gasteiger partial charge is 0.198 e. The standard InChI is InChI=1S/C25H35N5O3/c1-5-28(6-2)15-12-26-20-9-10-21(27-13-16-29(7-3)8-4)23-22(20)24(31)18-11-14-30(33)17-19(18)25(23)32/h9-11,14,17,31,33H,5-8,12-13,15-16H2,1-4H3. The van der Waals surface area contributed by atoms with Gasteiger partial charge >= 0.3 is 0 Å². The van der Waals surface area contributed by atoms with Gasteiger partial charge in [0.1, 0.15) is 5.75 Å². The number of nitrogens with zero attached hydrogens (tertiary/aromatic N) is 5. The maximum atomic E-state index is 13.5. The van der Waals surface area contributed by atoms with Gasteiger partial charge in [0.05, 0.1) is 47.4 Å². The fourth-order valence-electron chi connectivity index (χ4n) is 4.16. The molecule has 2 N–H and O–H groups in total. The maximum absolute atomic E-state index is 13.5. The summed E-state index contributed by atoms with van der Waals surface area (Å²) in [4.78, 5) is 27.5. The van der Waals surface area contributed by atoms with Crippen LogP contribution in [0.4, 0.5) is 0 Å². The lowest BCUT2D eigenvalue weighted by Crippen LogP contribution is -2.29. The Morgan fingerprint density at radius 1 is 0.848 bits per heavy atom. The summed E-state index contributed by atoms with van der Waals surface area (Å²) in [6, 6.07) is 1.54.